The largest absolute Gasteiger partial charge is 0.486 e. The lowest BCUT2D eigenvalue weighted by Crippen LogP contribution is -2.18. The molecule has 0 aromatic heterocycles. The summed E-state index contributed by atoms with van der Waals surface area (Å²) in [7, 11) is 5.25. The van der Waals surface area contributed by atoms with Crippen molar-refractivity contribution in [2.75, 3.05) is 41.0 Å². The number of ketones is 3. The van der Waals surface area contributed by atoms with Gasteiger partial charge in [-0.05, 0) is 47.0 Å². The summed E-state index contributed by atoms with van der Waals surface area (Å²) in [6, 6.07) is 9.29. The maximum Gasteiger partial charge on any atom is 0.167 e. The van der Waals surface area contributed by atoms with Crippen LogP contribution in [0.4, 0.5) is 0 Å². The Hall–Kier alpha value is -2.05. The smallest absolute Gasteiger partial charge is 0.167 e. The molecule has 0 amide bonds. The molecule has 1 aromatic rings. The number of nitrogens with zero attached hydrogens (tertiary/aromatic N) is 1. The van der Waals surface area contributed by atoms with Crippen molar-refractivity contribution in [2.24, 2.45) is 0 Å². The zero-order chi connectivity index (χ0) is 19.0. The maximum atomic E-state index is 10.5. The lowest BCUT2D eigenvalue weighted by atomic mass is 10.3. The Balaban J connectivity index is 0. The van der Waals surface area contributed by atoms with Gasteiger partial charge in [0.15, 0.2) is 11.6 Å². The molecule has 1 aromatic carbocycles. The monoisotopic (exact) mass is 339 g/mol. The molecule has 0 aliphatic heterocycles. The molecule has 0 radical (unpaired) electrons. The number of ether oxygens (including phenoxy) is 2. The van der Waals surface area contributed by atoms with Crippen molar-refractivity contribution in [2.45, 2.75) is 20.8 Å². The van der Waals surface area contributed by atoms with E-state index >= 15 is 0 Å². The molecular weight excluding hydrogens is 310 g/mol. The molecule has 0 N–H and O–H groups in total. The van der Waals surface area contributed by atoms with Gasteiger partial charge in [-0.1, -0.05) is 18.2 Å². The second kappa shape index (κ2) is 15.8. The number of methoxy groups -OCH3 is 1. The van der Waals surface area contributed by atoms with E-state index in [0.717, 1.165) is 5.75 Å². The van der Waals surface area contributed by atoms with Gasteiger partial charge in [0.1, 0.15) is 24.7 Å². The lowest BCUT2D eigenvalue weighted by molar-refractivity contribution is -0.120. The summed E-state index contributed by atoms with van der Waals surface area (Å²) < 4.78 is 9.57. The minimum atomic E-state index is 0.0360. The van der Waals surface area contributed by atoms with Crippen molar-refractivity contribution in [3.05, 3.63) is 30.3 Å². The van der Waals surface area contributed by atoms with Crippen LogP contribution in [-0.4, -0.2) is 63.2 Å². The van der Waals surface area contributed by atoms with Crippen molar-refractivity contribution in [1.29, 1.82) is 0 Å². The summed E-state index contributed by atoms with van der Waals surface area (Å²) >= 11 is 0. The predicted octanol–water partition coefficient (Wildman–Crippen LogP) is 2.01. The molecule has 1 rings (SSSR count). The quantitative estimate of drug-likeness (QED) is 0.757. The number of likely N-dealkylation sites (N-methyl/N-ethyl adjacent to an activating group) is 1. The number of hydrogen-bond acceptors (Lipinski definition) is 6. The van der Waals surface area contributed by atoms with E-state index in [2.05, 4.69) is 4.74 Å². The van der Waals surface area contributed by atoms with E-state index in [4.69, 9.17) is 4.74 Å². The SMILES string of the molecule is CC(=O)CN(C)C.CC(=O)COc1ccccc1.COCC(C)=O. The van der Waals surface area contributed by atoms with E-state index in [1.807, 2.05) is 49.3 Å². The van der Waals surface area contributed by atoms with E-state index in [9.17, 15) is 14.4 Å². The third-order valence-electron chi connectivity index (χ3n) is 2.07. The minimum absolute atomic E-state index is 0.0360. The van der Waals surface area contributed by atoms with Crippen LogP contribution in [0.15, 0.2) is 30.3 Å². The van der Waals surface area contributed by atoms with Crippen LogP contribution in [0.2, 0.25) is 0 Å². The van der Waals surface area contributed by atoms with Crippen molar-refractivity contribution in [3.8, 4) is 5.75 Å². The predicted molar refractivity (Wildman–Crippen MR) is 94.4 cm³/mol. The average Bonchev–Trinajstić information content (AvgIpc) is 2.46. The lowest BCUT2D eigenvalue weighted by Gasteiger charge is -2.03. The maximum absolute atomic E-state index is 10.5. The third kappa shape index (κ3) is 22.2. The van der Waals surface area contributed by atoms with Crippen molar-refractivity contribution >= 4 is 17.3 Å². The molecular formula is C18H29NO5. The fraction of sp³-hybridized carbons (Fsp3) is 0.500. The van der Waals surface area contributed by atoms with Crippen molar-refractivity contribution < 1.29 is 23.9 Å². The number of rotatable bonds is 7. The molecule has 6 nitrogen and oxygen atoms in total. The summed E-state index contributed by atoms with van der Waals surface area (Å²) in [5.74, 6) is 1.05. The molecule has 0 saturated carbocycles. The summed E-state index contributed by atoms with van der Waals surface area (Å²) in [5, 5.41) is 0. The highest BCUT2D eigenvalue weighted by Gasteiger charge is 1.93. The molecule has 0 atom stereocenters. The molecule has 0 fully saturated rings. The zero-order valence-corrected chi connectivity index (χ0v) is 15.5. The number of para-hydroxylation sites is 1. The first-order valence-corrected chi connectivity index (χ1v) is 7.48. The second-order valence-corrected chi connectivity index (χ2v) is 5.38. The Morgan fingerprint density at radius 3 is 1.62 bits per heavy atom. The van der Waals surface area contributed by atoms with E-state index < -0.39 is 0 Å². The van der Waals surface area contributed by atoms with Gasteiger partial charge in [0.05, 0.1) is 6.54 Å². The van der Waals surface area contributed by atoms with Gasteiger partial charge >= 0.3 is 0 Å². The van der Waals surface area contributed by atoms with Gasteiger partial charge < -0.3 is 14.4 Å². The molecule has 0 bridgehead atoms. The summed E-state index contributed by atoms with van der Waals surface area (Å²) in [6.45, 7) is 5.52. The molecule has 0 saturated heterocycles. The highest BCUT2D eigenvalue weighted by atomic mass is 16.5. The second-order valence-electron chi connectivity index (χ2n) is 5.38. The Morgan fingerprint density at radius 1 is 0.875 bits per heavy atom. The molecule has 24 heavy (non-hydrogen) atoms. The molecule has 0 spiro atoms. The van der Waals surface area contributed by atoms with Crippen LogP contribution in [-0.2, 0) is 19.1 Å². The van der Waals surface area contributed by atoms with E-state index in [0.29, 0.717) is 6.54 Å². The number of Topliss-reactive ketones (excluding diaryl/α,β-unsaturated/α-hetero) is 3. The van der Waals surface area contributed by atoms with Gasteiger partial charge in [-0.25, -0.2) is 0 Å². The minimum Gasteiger partial charge on any atom is -0.486 e. The highest BCUT2D eigenvalue weighted by molar-refractivity contribution is 5.77. The fourth-order valence-corrected chi connectivity index (χ4v) is 1.35. The number of benzene rings is 1. The highest BCUT2D eigenvalue weighted by Crippen LogP contribution is 2.07. The standard InChI is InChI=1S/C9H10O2.C5H11NO.C4H8O2/c1-8(10)7-11-9-5-3-2-4-6-9;1-5(7)4-6(2)3;1-4(5)3-6-2/h2-6H,7H2,1H3;4H2,1-3H3;3H2,1-2H3. The number of hydrogen-bond donors (Lipinski definition) is 0. The van der Waals surface area contributed by atoms with Crippen molar-refractivity contribution in [3.63, 3.8) is 0 Å². The normalized spacial score (nSPS) is 9.12. The summed E-state index contributed by atoms with van der Waals surface area (Å²) in [4.78, 5) is 32.5. The van der Waals surface area contributed by atoms with Gasteiger partial charge in [-0.15, -0.1) is 0 Å². The fourth-order valence-electron chi connectivity index (χ4n) is 1.35. The zero-order valence-electron chi connectivity index (χ0n) is 15.5. The molecule has 0 aliphatic carbocycles. The first-order chi connectivity index (χ1) is 11.2. The summed E-state index contributed by atoms with van der Waals surface area (Å²) in [5.41, 5.74) is 0. The van der Waals surface area contributed by atoms with Crippen LogP contribution in [0.25, 0.3) is 0 Å². The van der Waals surface area contributed by atoms with Gasteiger partial charge in [0.25, 0.3) is 0 Å². The van der Waals surface area contributed by atoms with Crippen LogP contribution >= 0.6 is 0 Å². The van der Waals surface area contributed by atoms with Crippen LogP contribution < -0.4 is 4.74 Å². The molecule has 0 aliphatic rings. The van der Waals surface area contributed by atoms with Crippen LogP contribution in [0, 0.1) is 0 Å². The molecule has 136 valence electrons. The molecule has 6 heteroatoms. The number of carbonyl (C=O) groups is 3. The van der Waals surface area contributed by atoms with E-state index in [-0.39, 0.29) is 30.6 Å². The average molecular weight is 339 g/mol. The van der Waals surface area contributed by atoms with Gasteiger partial charge in [-0.2, -0.15) is 0 Å². The first-order valence-electron chi connectivity index (χ1n) is 7.48. The Bertz CT molecular complexity index is 472. The van der Waals surface area contributed by atoms with Crippen LogP contribution in [0.3, 0.4) is 0 Å². The van der Waals surface area contributed by atoms with Crippen LogP contribution in [0.5, 0.6) is 5.75 Å². The molecule has 0 unspecified atom stereocenters. The topological polar surface area (TPSA) is 72.9 Å². The Kier molecular flexibility index (Phi) is 16.0. The van der Waals surface area contributed by atoms with Crippen LogP contribution in [0.1, 0.15) is 20.8 Å². The third-order valence-corrected chi connectivity index (χ3v) is 2.07. The molecule has 0 heterocycles. The Labute approximate surface area is 144 Å². The number of carbonyl (C=O) groups excluding carboxylic acids is 3. The van der Waals surface area contributed by atoms with E-state index in [1.165, 1.54) is 21.0 Å². The first kappa shape index (κ1) is 24.2. The van der Waals surface area contributed by atoms with Crippen molar-refractivity contribution in [1.82, 2.24) is 4.90 Å². The van der Waals surface area contributed by atoms with E-state index in [1.54, 1.807) is 6.92 Å². The van der Waals surface area contributed by atoms with Gasteiger partial charge in [-0.3, -0.25) is 14.4 Å². The summed E-state index contributed by atoms with van der Waals surface area (Å²) in [6.07, 6.45) is 0. The Morgan fingerprint density at radius 2 is 1.38 bits per heavy atom. The van der Waals surface area contributed by atoms with Gasteiger partial charge in [0.2, 0.25) is 0 Å². The van der Waals surface area contributed by atoms with Gasteiger partial charge in [0, 0.05) is 7.11 Å².